The van der Waals surface area contributed by atoms with E-state index in [1.165, 1.54) is 14.2 Å². The van der Waals surface area contributed by atoms with Gasteiger partial charge in [-0.25, -0.2) is 4.98 Å². The first-order valence-electron chi connectivity index (χ1n) is 26.4. The molecule has 1 aromatic heterocycles. The second-order valence-electron chi connectivity index (χ2n) is 21.0. The van der Waals surface area contributed by atoms with E-state index in [-0.39, 0.29) is 73.0 Å². The summed E-state index contributed by atoms with van der Waals surface area (Å²) in [6.45, 7) is 11.7. The van der Waals surface area contributed by atoms with Crippen molar-refractivity contribution in [2.75, 3.05) is 63.4 Å². The summed E-state index contributed by atoms with van der Waals surface area (Å²) in [5.41, 5.74) is 7.21. The van der Waals surface area contributed by atoms with E-state index in [0.29, 0.717) is 39.1 Å². The van der Waals surface area contributed by atoms with Crippen LogP contribution in [0.4, 0.5) is 11.5 Å². The summed E-state index contributed by atoms with van der Waals surface area (Å²) < 4.78 is 15.3. The molecule has 0 saturated carbocycles. The van der Waals surface area contributed by atoms with Crippen molar-refractivity contribution in [3.05, 3.63) is 113 Å². The summed E-state index contributed by atoms with van der Waals surface area (Å²) in [4.78, 5) is 92.7. The quantitative estimate of drug-likeness (QED) is 0.0827. The highest BCUT2D eigenvalue weighted by Crippen LogP contribution is 2.47. The van der Waals surface area contributed by atoms with Crippen molar-refractivity contribution >= 4 is 46.8 Å². The molecule has 388 valence electrons. The van der Waals surface area contributed by atoms with Crippen LogP contribution in [0.5, 0.6) is 0 Å². The maximum atomic E-state index is 13.9. The number of carbonyl (C=O) groups excluding carboxylic acids is 6. The molecular formula is C59H73N5O9. The van der Waals surface area contributed by atoms with E-state index >= 15 is 0 Å². The Morgan fingerprint density at radius 2 is 1.03 bits per heavy atom. The first-order valence-corrected chi connectivity index (χ1v) is 26.4. The molecule has 0 aliphatic carbocycles. The maximum Gasteiger partial charge on any atom is 0.306 e. The standard InChI is InChI=1S/C59H73N5O9/c1-38(2)47(35-56(67)71-5)58(69)62-27-7-9-51(62)53(65)33-40-11-15-43(16-12-40)49-24-25-50(64(49)46-22-19-42(20-23-46)45-21-26-55(60-37-45)61-29-31-73-32-30-61)44-17-13-41(14-18-44)34-54(66)52-10-8-28-63(52)59(70)48(39(3)4)36-57(68)72-6/h11-23,26,37-39,47-52H,7-10,24-25,27-36H2,1-6H3/t47-,48-,49-,50-,51-,52-/m0/s1. The van der Waals surface area contributed by atoms with Gasteiger partial charge in [0, 0.05) is 56.5 Å². The minimum Gasteiger partial charge on any atom is -0.469 e. The van der Waals surface area contributed by atoms with Gasteiger partial charge in [-0.05, 0) is 102 Å². The molecule has 0 unspecified atom stereocenters. The van der Waals surface area contributed by atoms with Gasteiger partial charge in [-0.1, -0.05) is 88.4 Å². The van der Waals surface area contributed by atoms with Gasteiger partial charge < -0.3 is 33.8 Å². The monoisotopic (exact) mass is 996 g/mol. The van der Waals surface area contributed by atoms with Crippen LogP contribution >= 0.6 is 0 Å². The summed E-state index contributed by atoms with van der Waals surface area (Å²) in [5, 5.41) is 0. The molecule has 14 nitrogen and oxygen atoms in total. The van der Waals surface area contributed by atoms with Gasteiger partial charge in [-0.2, -0.15) is 0 Å². The van der Waals surface area contributed by atoms with Crippen LogP contribution in [0.1, 0.15) is 113 Å². The number of hydrogen-bond donors (Lipinski definition) is 0. The minimum atomic E-state index is -0.544. The fourth-order valence-corrected chi connectivity index (χ4v) is 11.4. The first-order chi connectivity index (χ1) is 35.2. The van der Waals surface area contributed by atoms with E-state index in [1.54, 1.807) is 9.80 Å². The average Bonchev–Trinajstić information content (AvgIpc) is 4.21. The number of morpholine rings is 1. The van der Waals surface area contributed by atoms with E-state index in [9.17, 15) is 28.8 Å². The van der Waals surface area contributed by atoms with Gasteiger partial charge in [0.1, 0.15) is 5.82 Å². The molecule has 2 amide bonds. The van der Waals surface area contributed by atoms with Gasteiger partial charge >= 0.3 is 11.9 Å². The molecule has 0 N–H and O–H groups in total. The third-order valence-corrected chi connectivity index (χ3v) is 15.7. The number of hydrogen-bond acceptors (Lipinski definition) is 12. The van der Waals surface area contributed by atoms with Gasteiger partial charge in [-0.15, -0.1) is 0 Å². The summed E-state index contributed by atoms with van der Waals surface area (Å²) in [5.74, 6) is -1.46. The Morgan fingerprint density at radius 1 is 0.575 bits per heavy atom. The number of ether oxygens (including phenoxy) is 3. The van der Waals surface area contributed by atoms with Crippen LogP contribution in [0, 0.1) is 23.7 Å². The third kappa shape index (κ3) is 12.3. The fraction of sp³-hybridized carbons (Fsp3) is 0.508. The number of pyridine rings is 1. The number of aromatic nitrogens is 1. The summed E-state index contributed by atoms with van der Waals surface area (Å²) in [7, 11) is 2.65. The Bertz CT molecular complexity index is 2430. The van der Waals surface area contributed by atoms with E-state index in [2.05, 4.69) is 70.5 Å². The van der Waals surface area contributed by atoms with E-state index < -0.39 is 35.9 Å². The Kier molecular flexibility index (Phi) is 17.5. The summed E-state index contributed by atoms with van der Waals surface area (Å²) >= 11 is 0. The predicted molar refractivity (Wildman–Crippen MR) is 280 cm³/mol. The first kappa shape index (κ1) is 52.9. The molecule has 0 bridgehead atoms. The number of carbonyl (C=O) groups is 6. The molecule has 4 saturated heterocycles. The highest BCUT2D eigenvalue weighted by atomic mass is 16.5. The maximum absolute atomic E-state index is 13.9. The lowest BCUT2D eigenvalue weighted by molar-refractivity contribution is -0.149. The van der Waals surface area contributed by atoms with E-state index in [4.69, 9.17) is 19.2 Å². The van der Waals surface area contributed by atoms with Gasteiger partial charge in [0.15, 0.2) is 11.6 Å². The van der Waals surface area contributed by atoms with Crippen LogP contribution in [0.25, 0.3) is 11.1 Å². The van der Waals surface area contributed by atoms with Crippen molar-refractivity contribution < 1.29 is 43.0 Å². The van der Waals surface area contributed by atoms with Crippen LogP contribution in [0.15, 0.2) is 91.1 Å². The molecule has 6 atom stereocenters. The summed E-state index contributed by atoms with van der Waals surface area (Å²) in [6.07, 6.45) is 6.80. The van der Waals surface area contributed by atoms with Crippen LogP contribution in [-0.4, -0.2) is 116 Å². The molecule has 14 heteroatoms. The molecule has 4 aromatic rings. The minimum absolute atomic E-state index is 0.00219. The Balaban J connectivity index is 0.996. The molecule has 4 aliphatic rings. The second-order valence-corrected chi connectivity index (χ2v) is 21.0. The number of anilines is 2. The topological polar surface area (TPSA) is 156 Å². The Hall–Kier alpha value is -6.41. The SMILES string of the molecule is COC(=O)C[C@H](C(=O)N1CCC[C@H]1C(=O)Cc1ccc([C@@H]2CC[C@@H](c3ccc(CC(=O)[C@@H]4CCCN4C(=O)[C@@H](CC(=O)OC)C(C)C)cc3)N2c2ccc(-c3ccc(N4CCOCC4)nc3)cc2)cc1)C(C)C. The van der Waals surface area contributed by atoms with Crippen molar-refractivity contribution in [2.24, 2.45) is 23.7 Å². The van der Waals surface area contributed by atoms with Gasteiger partial charge in [0.2, 0.25) is 11.8 Å². The van der Waals surface area contributed by atoms with E-state index in [1.807, 2.05) is 58.2 Å². The number of amides is 2. The number of nitrogens with zero attached hydrogens (tertiary/aromatic N) is 5. The molecule has 0 radical (unpaired) electrons. The Morgan fingerprint density at radius 3 is 1.44 bits per heavy atom. The lowest BCUT2D eigenvalue weighted by Gasteiger charge is -2.34. The predicted octanol–water partition coefficient (Wildman–Crippen LogP) is 8.54. The van der Waals surface area contributed by atoms with Crippen LogP contribution < -0.4 is 9.80 Å². The molecule has 8 rings (SSSR count). The molecule has 0 spiro atoms. The molecular weight excluding hydrogens is 923 g/mol. The zero-order valence-electron chi connectivity index (χ0n) is 43.5. The highest BCUT2D eigenvalue weighted by molar-refractivity contribution is 5.94. The highest BCUT2D eigenvalue weighted by Gasteiger charge is 2.41. The molecule has 5 heterocycles. The molecule has 4 fully saturated rings. The van der Waals surface area contributed by atoms with Crippen molar-refractivity contribution in [1.29, 1.82) is 0 Å². The Labute approximate surface area is 430 Å². The van der Waals surface area contributed by atoms with Crippen molar-refractivity contribution in [3.8, 4) is 11.1 Å². The van der Waals surface area contributed by atoms with Crippen LogP contribution in [-0.2, 0) is 55.8 Å². The van der Waals surface area contributed by atoms with E-state index in [0.717, 1.165) is 83.7 Å². The fourth-order valence-electron chi connectivity index (χ4n) is 11.4. The number of methoxy groups -OCH3 is 2. The molecule has 4 aliphatic heterocycles. The van der Waals surface area contributed by atoms with Crippen molar-refractivity contribution in [1.82, 2.24) is 14.8 Å². The number of esters is 2. The number of ketones is 2. The van der Waals surface area contributed by atoms with Gasteiger partial charge in [0.25, 0.3) is 0 Å². The lowest BCUT2D eigenvalue weighted by atomic mass is 9.90. The number of Topliss-reactive ketones (excluding diaryl/α,β-unsaturated/α-hetero) is 2. The average molecular weight is 996 g/mol. The smallest absolute Gasteiger partial charge is 0.306 e. The van der Waals surface area contributed by atoms with Crippen molar-refractivity contribution in [3.63, 3.8) is 0 Å². The normalized spacial score (nSPS) is 20.9. The van der Waals surface area contributed by atoms with Crippen LogP contribution in [0.2, 0.25) is 0 Å². The summed E-state index contributed by atoms with van der Waals surface area (Å²) in [6, 6.07) is 28.6. The van der Waals surface area contributed by atoms with Gasteiger partial charge in [0.05, 0.1) is 76.3 Å². The third-order valence-electron chi connectivity index (χ3n) is 15.7. The van der Waals surface area contributed by atoms with Crippen LogP contribution in [0.3, 0.4) is 0 Å². The van der Waals surface area contributed by atoms with Crippen molar-refractivity contribution in [2.45, 2.75) is 116 Å². The second kappa shape index (κ2) is 24.1. The molecule has 3 aromatic carbocycles. The molecule has 73 heavy (non-hydrogen) atoms. The lowest BCUT2D eigenvalue weighted by Crippen LogP contribution is -2.45. The number of benzene rings is 3. The number of rotatable bonds is 19. The zero-order valence-corrected chi connectivity index (χ0v) is 43.5. The largest absolute Gasteiger partial charge is 0.469 e. The zero-order chi connectivity index (χ0) is 51.8. The number of likely N-dealkylation sites (tertiary alicyclic amines) is 2. The van der Waals surface area contributed by atoms with Gasteiger partial charge in [-0.3, -0.25) is 28.8 Å².